The molecule has 0 saturated heterocycles. The molecule has 1 aliphatic carbocycles. The molecule has 1 saturated carbocycles. The summed E-state index contributed by atoms with van der Waals surface area (Å²) in [5.41, 5.74) is 4.85. The molecule has 2 rings (SSSR count). The Balaban J connectivity index is 1.62. The molecule has 6 nitrogen and oxygen atoms in total. The number of benzene rings is 1. The highest BCUT2D eigenvalue weighted by molar-refractivity contribution is 5.78. The van der Waals surface area contributed by atoms with Crippen LogP contribution < -0.4 is 16.1 Å². The molecule has 1 aromatic rings. The number of carbonyl (C=O) groups excluding carboxylic acids is 2. The van der Waals surface area contributed by atoms with Crippen molar-refractivity contribution in [2.24, 2.45) is 22.9 Å². The van der Waals surface area contributed by atoms with Crippen LogP contribution in [-0.4, -0.2) is 24.7 Å². The van der Waals surface area contributed by atoms with E-state index < -0.39 is 0 Å². The average molecular weight is 387 g/mol. The van der Waals surface area contributed by atoms with Gasteiger partial charge in [-0.25, -0.2) is 10.2 Å². The summed E-state index contributed by atoms with van der Waals surface area (Å²) in [7, 11) is 0. The molecule has 28 heavy (non-hydrogen) atoms. The third-order valence-electron chi connectivity index (χ3n) is 5.50. The predicted molar refractivity (Wildman–Crippen MR) is 113 cm³/mol. The van der Waals surface area contributed by atoms with E-state index in [1.54, 1.807) is 6.21 Å². The van der Waals surface area contributed by atoms with Crippen LogP contribution in [-0.2, 0) is 11.3 Å². The Bertz CT molecular complexity index is 649. The van der Waals surface area contributed by atoms with E-state index >= 15 is 0 Å². The number of hydrogen-bond donors (Lipinski definition) is 3. The fraction of sp³-hybridized carbons (Fsp3) is 0.591. The summed E-state index contributed by atoms with van der Waals surface area (Å²) in [6.45, 7) is 7.40. The fourth-order valence-electron chi connectivity index (χ4n) is 3.27. The molecule has 154 valence electrons. The Morgan fingerprint density at radius 1 is 1.14 bits per heavy atom. The van der Waals surface area contributed by atoms with Gasteiger partial charge in [-0.1, -0.05) is 43.7 Å². The first-order valence-corrected chi connectivity index (χ1v) is 10.4. The van der Waals surface area contributed by atoms with Crippen LogP contribution in [0.2, 0.25) is 0 Å². The normalized spacial score (nSPS) is 20.5. The van der Waals surface area contributed by atoms with Crippen LogP contribution in [0.4, 0.5) is 4.79 Å². The van der Waals surface area contributed by atoms with Crippen LogP contribution in [0.1, 0.15) is 57.1 Å². The Hall–Kier alpha value is -2.37. The maximum Gasteiger partial charge on any atom is 0.335 e. The van der Waals surface area contributed by atoms with Gasteiger partial charge in [0.05, 0.1) is 0 Å². The van der Waals surface area contributed by atoms with Crippen molar-refractivity contribution in [2.75, 3.05) is 6.54 Å². The van der Waals surface area contributed by atoms with Crippen molar-refractivity contribution >= 4 is 18.2 Å². The monoisotopic (exact) mass is 386 g/mol. The number of rotatable bonds is 8. The van der Waals surface area contributed by atoms with Gasteiger partial charge in [-0.2, -0.15) is 5.10 Å². The van der Waals surface area contributed by atoms with Crippen LogP contribution in [0.5, 0.6) is 0 Å². The maximum absolute atomic E-state index is 12.4. The predicted octanol–water partition coefficient (Wildman–Crippen LogP) is 3.75. The second kappa shape index (κ2) is 11.5. The maximum atomic E-state index is 12.4. The number of carbonyl (C=O) groups is 2. The molecular formula is C22H34N4O2. The summed E-state index contributed by atoms with van der Waals surface area (Å²) < 4.78 is 0. The van der Waals surface area contributed by atoms with Crippen molar-refractivity contribution in [1.29, 1.82) is 0 Å². The minimum Gasteiger partial charge on any atom is -0.352 e. The van der Waals surface area contributed by atoms with E-state index in [2.05, 4.69) is 66.2 Å². The van der Waals surface area contributed by atoms with E-state index in [0.717, 1.165) is 37.7 Å². The first kappa shape index (κ1) is 21.9. The molecule has 1 aromatic carbocycles. The van der Waals surface area contributed by atoms with Gasteiger partial charge in [0.1, 0.15) is 0 Å². The quantitative estimate of drug-likeness (QED) is 0.470. The Morgan fingerprint density at radius 2 is 1.82 bits per heavy atom. The Kier molecular flexibility index (Phi) is 8.98. The molecule has 0 radical (unpaired) electrons. The summed E-state index contributed by atoms with van der Waals surface area (Å²) in [4.78, 5) is 24.2. The zero-order valence-electron chi connectivity index (χ0n) is 17.3. The molecule has 1 aliphatic rings. The summed E-state index contributed by atoms with van der Waals surface area (Å²) in [5, 5.41) is 9.88. The number of hydrazone groups is 1. The summed E-state index contributed by atoms with van der Waals surface area (Å²) >= 11 is 0. The zero-order chi connectivity index (χ0) is 20.4. The van der Waals surface area contributed by atoms with E-state index in [1.807, 2.05) is 0 Å². The highest BCUT2D eigenvalue weighted by Crippen LogP contribution is 2.28. The summed E-state index contributed by atoms with van der Waals surface area (Å²) in [5.74, 6) is 0.998. The largest absolute Gasteiger partial charge is 0.352 e. The van der Waals surface area contributed by atoms with Crippen molar-refractivity contribution in [2.45, 2.75) is 59.4 Å². The number of hydrogen-bond acceptors (Lipinski definition) is 3. The van der Waals surface area contributed by atoms with Gasteiger partial charge in [0, 0.05) is 25.2 Å². The first-order chi connectivity index (χ1) is 13.5. The van der Waals surface area contributed by atoms with Gasteiger partial charge in [0.15, 0.2) is 0 Å². The van der Waals surface area contributed by atoms with E-state index in [1.165, 1.54) is 5.56 Å². The summed E-state index contributed by atoms with van der Waals surface area (Å²) in [6.07, 6.45) is 6.41. The number of amides is 3. The first-order valence-electron chi connectivity index (χ1n) is 10.4. The minimum atomic E-state index is -0.266. The number of aryl methyl sites for hydroxylation is 1. The Morgan fingerprint density at radius 3 is 2.46 bits per heavy atom. The molecule has 6 heteroatoms. The number of urea groups is 1. The number of nitrogens with one attached hydrogen (secondary N) is 3. The van der Waals surface area contributed by atoms with Gasteiger partial charge in [-0.15, -0.1) is 0 Å². The van der Waals surface area contributed by atoms with Gasteiger partial charge >= 0.3 is 6.03 Å². The molecule has 0 spiro atoms. The van der Waals surface area contributed by atoms with Gasteiger partial charge < -0.3 is 10.6 Å². The molecule has 0 aromatic heterocycles. The zero-order valence-corrected chi connectivity index (χ0v) is 17.3. The second-order valence-corrected chi connectivity index (χ2v) is 7.91. The third kappa shape index (κ3) is 7.71. The standard InChI is InChI=1S/C22H34N4O2/c1-4-16(2)13-25-26-22(28)24-15-19-9-11-20(12-10-19)21(27)23-14-18-7-5-17(3)6-8-18/h5-8,13,16,19-20H,4,9-12,14-15H2,1-3H3,(H,23,27)(H2,24,26,28)/b25-13+/t16-,19?,20?/m0/s1. The fourth-order valence-corrected chi connectivity index (χ4v) is 3.27. The lowest BCUT2D eigenvalue weighted by Gasteiger charge is -2.27. The number of nitrogens with zero attached hydrogens (tertiary/aromatic N) is 1. The van der Waals surface area contributed by atoms with Gasteiger partial charge in [0.2, 0.25) is 5.91 Å². The lowest BCUT2D eigenvalue weighted by molar-refractivity contribution is -0.126. The van der Waals surface area contributed by atoms with Crippen LogP contribution in [0, 0.1) is 24.7 Å². The minimum absolute atomic E-state index is 0.0793. The summed E-state index contributed by atoms with van der Waals surface area (Å²) in [6, 6.07) is 7.96. The van der Waals surface area contributed by atoms with E-state index in [9.17, 15) is 9.59 Å². The molecule has 3 amide bonds. The molecule has 3 N–H and O–H groups in total. The SMILES string of the molecule is CC[C@H](C)/C=N/NC(=O)NCC1CCC(C(=O)NCc2ccc(C)cc2)CC1. The molecular weight excluding hydrogens is 352 g/mol. The lowest BCUT2D eigenvalue weighted by atomic mass is 9.81. The topological polar surface area (TPSA) is 82.6 Å². The molecule has 0 heterocycles. The third-order valence-corrected chi connectivity index (χ3v) is 5.50. The average Bonchev–Trinajstić information content (AvgIpc) is 2.71. The van der Waals surface area contributed by atoms with Crippen LogP contribution >= 0.6 is 0 Å². The molecule has 0 aliphatic heterocycles. The highest BCUT2D eigenvalue weighted by atomic mass is 16.2. The van der Waals surface area contributed by atoms with Gasteiger partial charge in [-0.05, 0) is 56.4 Å². The van der Waals surface area contributed by atoms with Crippen molar-refractivity contribution in [3.05, 3.63) is 35.4 Å². The lowest BCUT2D eigenvalue weighted by Crippen LogP contribution is -2.38. The van der Waals surface area contributed by atoms with E-state index in [4.69, 9.17) is 0 Å². The van der Waals surface area contributed by atoms with Crippen molar-refractivity contribution in [3.8, 4) is 0 Å². The van der Waals surface area contributed by atoms with Crippen LogP contribution in [0.15, 0.2) is 29.4 Å². The second-order valence-electron chi connectivity index (χ2n) is 7.91. The highest BCUT2D eigenvalue weighted by Gasteiger charge is 2.26. The van der Waals surface area contributed by atoms with Crippen LogP contribution in [0.25, 0.3) is 0 Å². The smallest absolute Gasteiger partial charge is 0.335 e. The van der Waals surface area contributed by atoms with E-state index in [-0.39, 0.29) is 17.9 Å². The molecule has 1 atom stereocenters. The van der Waals surface area contributed by atoms with Gasteiger partial charge in [-0.3, -0.25) is 4.79 Å². The Labute approximate surface area is 168 Å². The van der Waals surface area contributed by atoms with Crippen molar-refractivity contribution in [1.82, 2.24) is 16.1 Å². The van der Waals surface area contributed by atoms with Crippen molar-refractivity contribution in [3.63, 3.8) is 0 Å². The van der Waals surface area contributed by atoms with Crippen LogP contribution in [0.3, 0.4) is 0 Å². The molecule has 0 unspecified atom stereocenters. The molecule has 0 bridgehead atoms. The molecule has 1 fully saturated rings. The van der Waals surface area contributed by atoms with E-state index in [0.29, 0.717) is 24.9 Å². The van der Waals surface area contributed by atoms with Crippen molar-refractivity contribution < 1.29 is 9.59 Å². The van der Waals surface area contributed by atoms with Gasteiger partial charge in [0.25, 0.3) is 0 Å².